The molecular formula is C12H28N2O2S. The smallest absolute Gasteiger partial charge is 0.215 e. The van der Waals surface area contributed by atoms with E-state index in [1.54, 1.807) is 4.31 Å². The van der Waals surface area contributed by atoms with Gasteiger partial charge in [0, 0.05) is 18.6 Å². The Morgan fingerprint density at radius 1 is 1.12 bits per heavy atom. The number of hydrogen-bond donors (Lipinski definition) is 1. The summed E-state index contributed by atoms with van der Waals surface area (Å²) >= 11 is 0. The minimum atomic E-state index is -3.26. The van der Waals surface area contributed by atoms with Gasteiger partial charge >= 0.3 is 0 Å². The summed E-state index contributed by atoms with van der Waals surface area (Å²) in [6.45, 7) is 12.4. The summed E-state index contributed by atoms with van der Waals surface area (Å²) in [5.74, 6) is 0.156. The van der Waals surface area contributed by atoms with Crippen LogP contribution in [0.1, 0.15) is 48.0 Å². The van der Waals surface area contributed by atoms with Gasteiger partial charge in [0.15, 0.2) is 0 Å². The molecule has 0 aromatic rings. The van der Waals surface area contributed by atoms with Crippen molar-refractivity contribution in [2.24, 2.45) is 11.1 Å². The highest BCUT2D eigenvalue weighted by Crippen LogP contribution is 2.26. The second-order valence-electron chi connectivity index (χ2n) is 6.04. The first-order valence-electron chi connectivity index (χ1n) is 6.23. The fourth-order valence-electron chi connectivity index (χ4n) is 1.96. The van der Waals surface area contributed by atoms with Crippen molar-refractivity contribution >= 4 is 10.0 Å². The number of hydrogen-bond acceptors (Lipinski definition) is 3. The average molecular weight is 264 g/mol. The molecule has 0 aromatic heterocycles. The fraction of sp³-hybridized carbons (Fsp3) is 1.00. The number of nitrogens with zero attached hydrogens (tertiary/aromatic N) is 1. The largest absolute Gasteiger partial charge is 0.329 e. The molecule has 0 radical (unpaired) electrons. The summed E-state index contributed by atoms with van der Waals surface area (Å²) in [5, 5.41) is 0. The van der Waals surface area contributed by atoms with Crippen LogP contribution in [0.15, 0.2) is 0 Å². The predicted molar refractivity (Wildman–Crippen MR) is 73.4 cm³/mol. The van der Waals surface area contributed by atoms with E-state index in [2.05, 4.69) is 0 Å². The molecular weight excluding hydrogens is 236 g/mol. The highest BCUT2D eigenvalue weighted by molar-refractivity contribution is 7.89. The van der Waals surface area contributed by atoms with Crippen molar-refractivity contribution in [2.45, 2.75) is 53.5 Å². The van der Waals surface area contributed by atoms with Crippen LogP contribution in [0.25, 0.3) is 0 Å². The van der Waals surface area contributed by atoms with Crippen LogP contribution in [0.2, 0.25) is 0 Å². The van der Waals surface area contributed by atoms with Crippen molar-refractivity contribution in [3.63, 3.8) is 0 Å². The molecule has 0 aliphatic carbocycles. The topological polar surface area (TPSA) is 63.4 Å². The molecule has 0 rings (SSSR count). The van der Waals surface area contributed by atoms with Gasteiger partial charge in [0.1, 0.15) is 0 Å². The van der Waals surface area contributed by atoms with Crippen molar-refractivity contribution in [3.8, 4) is 0 Å². The third-order valence-corrected chi connectivity index (χ3v) is 5.64. The number of nitrogens with two attached hydrogens (primary N) is 1. The molecule has 1 atom stereocenters. The maximum Gasteiger partial charge on any atom is 0.215 e. The van der Waals surface area contributed by atoms with Crippen LogP contribution in [-0.4, -0.2) is 37.1 Å². The van der Waals surface area contributed by atoms with Gasteiger partial charge in [-0.15, -0.1) is 0 Å². The molecule has 0 spiro atoms. The highest BCUT2D eigenvalue weighted by Gasteiger charge is 2.38. The van der Waals surface area contributed by atoms with Crippen LogP contribution in [-0.2, 0) is 10.0 Å². The first-order valence-corrected chi connectivity index (χ1v) is 7.84. The van der Waals surface area contributed by atoms with Crippen LogP contribution in [0.5, 0.6) is 0 Å². The Balaban J connectivity index is 5.26. The van der Waals surface area contributed by atoms with Crippen molar-refractivity contribution in [2.75, 3.05) is 18.8 Å². The summed E-state index contributed by atoms with van der Waals surface area (Å²) in [7, 11) is -3.26. The molecule has 5 heteroatoms. The second kappa shape index (κ2) is 5.67. The first-order chi connectivity index (χ1) is 7.52. The van der Waals surface area contributed by atoms with Gasteiger partial charge in [0.05, 0.1) is 5.75 Å². The standard InChI is InChI=1S/C12H28N2O2S/c1-7-12(6,9-13)14(8-2)17(15,16)10-11(3,4)5/h7-10,13H2,1-6H3. The van der Waals surface area contributed by atoms with Gasteiger partial charge < -0.3 is 5.73 Å². The SMILES string of the molecule is CCN(C(C)(CC)CN)S(=O)(=O)CC(C)(C)C. The Morgan fingerprint density at radius 2 is 1.59 bits per heavy atom. The van der Waals surface area contributed by atoms with Crippen molar-refractivity contribution in [1.29, 1.82) is 0 Å². The van der Waals surface area contributed by atoms with Crippen LogP contribution < -0.4 is 5.73 Å². The van der Waals surface area contributed by atoms with Gasteiger partial charge in [-0.3, -0.25) is 0 Å². The van der Waals surface area contributed by atoms with Crippen LogP contribution in [0.3, 0.4) is 0 Å². The van der Waals surface area contributed by atoms with Gasteiger partial charge in [0.25, 0.3) is 0 Å². The lowest BCUT2D eigenvalue weighted by molar-refractivity contribution is 0.211. The van der Waals surface area contributed by atoms with E-state index in [1.165, 1.54) is 0 Å². The molecule has 0 aliphatic rings. The molecule has 0 bridgehead atoms. The second-order valence-corrected chi connectivity index (χ2v) is 7.93. The van der Waals surface area contributed by atoms with E-state index in [0.29, 0.717) is 13.1 Å². The van der Waals surface area contributed by atoms with Gasteiger partial charge in [-0.1, -0.05) is 34.6 Å². The van der Waals surface area contributed by atoms with E-state index in [0.717, 1.165) is 6.42 Å². The van der Waals surface area contributed by atoms with E-state index < -0.39 is 15.6 Å². The van der Waals surface area contributed by atoms with E-state index >= 15 is 0 Å². The van der Waals surface area contributed by atoms with Crippen LogP contribution >= 0.6 is 0 Å². The molecule has 0 heterocycles. The van der Waals surface area contributed by atoms with Crippen LogP contribution in [0.4, 0.5) is 0 Å². The Bertz CT molecular complexity index is 327. The zero-order valence-electron chi connectivity index (χ0n) is 12.1. The molecule has 0 aromatic carbocycles. The number of likely N-dealkylation sites (N-methyl/N-ethyl adjacent to an activating group) is 1. The number of rotatable bonds is 6. The summed E-state index contributed by atoms with van der Waals surface area (Å²) in [6, 6.07) is 0. The zero-order chi connectivity index (χ0) is 13.9. The molecule has 4 nitrogen and oxygen atoms in total. The monoisotopic (exact) mass is 264 g/mol. The van der Waals surface area contributed by atoms with E-state index in [1.807, 2.05) is 41.5 Å². The van der Waals surface area contributed by atoms with Gasteiger partial charge in [-0.25, -0.2) is 8.42 Å². The lowest BCUT2D eigenvalue weighted by Gasteiger charge is -2.39. The molecule has 0 aliphatic heterocycles. The first kappa shape index (κ1) is 16.9. The minimum absolute atomic E-state index is 0.156. The Kier molecular flexibility index (Phi) is 5.63. The predicted octanol–water partition coefficient (Wildman–Crippen LogP) is 1.81. The Morgan fingerprint density at radius 3 is 1.82 bits per heavy atom. The Labute approximate surface area is 107 Å². The lowest BCUT2D eigenvalue weighted by Crippen LogP contribution is -2.55. The van der Waals surface area contributed by atoms with Crippen molar-refractivity contribution in [3.05, 3.63) is 0 Å². The molecule has 0 saturated heterocycles. The third kappa shape index (κ3) is 4.56. The maximum atomic E-state index is 12.4. The van der Waals surface area contributed by atoms with E-state index in [4.69, 9.17) is 5.73 Å². The summed E-state index contributed by atoms with van der Waals surface area (Å²) < 4.78 is 26.4. The van der Waals surface area contributed by atoms with Gasteiger partial charge in [0.2, 0.25) is 10.0 Å². The normalized spacial score (nSPS) is 17.2. The van der Waals surface area contributed by atoms with Crippen LogP contribution in [0, 0.1) is 5.41 Å². The van der Waals surface area contributed by atoms with Gasteiger partial charge in [-0.05, 0) is 18.8 Å². The average Bonchev–Trinajstić information content (AvgIpc) is 2.14. The third-order valence-electron chi connectivity index (χ3n) is 3.04. The molecule has 0 amide bonds. The Hall–Kier alpha value is -0.130. The lowest BCUT2D eigenvalue weighted by atomic mass is 9.99. The molecule has 2 N–H and O–H groups in total. The molecule has 0 saturated carbocycles. The minimum Gasteiger partial charge on any atom is -0.329 e. The van der Waals surface area contributed by atoms with E-state index in [9.17, 15) is 8.42 Å². The fourth-order valence-corrected chi connectivity index (χ4v) is 4.48. The number of sulfonamides is 1. The molecule has 1 unspecified atom stereocenters. The van der Waals surface area contributed by atoms with E-state index in [-0.39, 0.29) is 11.2 Å². The van der Waals surface area contributed by atoms with Gasteiger partial charge in [-0.2, -0.15) is 4.31 Å². The van der Waals surface area contributed by atoms with Crippen molar-refractivity contribution in [1.82, 2.24) is 4.31 Å². The highest BCUT2D eigenvalue weighted by atomic mass is 32.2. The summed E-state index contributed by atoms with van der Waals surface area (Å²) in [6.07, 6.45) is 0.723. The zero-order valence-corrected chi connectivity index (χ0v) is 12.9. The summed E-state index contributed by atoms with van der Waals surface area (Å²) in [4.78, 5) is 0. The summed E-state index contributed by atoms with van der Waals surface area (Å²) in [5.41, 5.74) is 5.03. The quantitative estimate of drug-likeness (QED) is 0.796. The van der Waals surface area contributed by atoms with Crippen molar-refractivity contribution < 1.29 is 8.42 Å². The maximum absolute atomic E-state index is 12.4. The molecule has 17 heavy (non-hydrogen) atoms. The molecule has 0 fully saturated rings. The molecule has 104 valence electrons.